The smallest absolute Gasteiger partial charge is 0.311 e. The Bertz CT molecular complexity index is 574. The lowest BCUT2D eigenvalue weighted by molar-refractivity contribution is -0.149. The van der Waals surface area contributed by atoms with Crippen molar-refractivity contribution >= 4 is 5.97 Å². The van der Waals surface area contributed by atoms with Gasteiger partial charge < -0.3 is 14.6 Å². The van der Waals surface area contributed by atoms with Gasteiger partial charge in [-0.15, -0.1) is 0 Å². The first kappa shape index (κ1) is 15.2. The molecule has 22 heavy (non-hydrogen) atoms. The highest BCUT2D eigenvalue weighted by molar-refractivity contribution is 5.76. The Labute approximate surface area is 130 Å². The molecule has 0 unspecified atom stereocenters. The number of hydrogen-bond donors (Lipinski definition) is 1. The van der Waals surface area contributed by atoms with Crippen LogP contribution in [0.2, 0.25) is 0 Å². The van der Waals surface area contributed by atoms with Gasteiger partial charge in [-0.05, 0) is 36.5 Å². The predicted octanol–water partition coefficient (Wildman–Crippen LogP) is 2.39. The number of methoxy groups -OCH3 is 2. The first-order valence-corrected chi connectivity index (χ1v) is 7.76. The summed E-state index contributed by atoms with van der Waals surface area (Å²) in [6, 6.07) is 5.89. The van der Waals surface area contributed by atoms with Crippen LogP contribution in [0.3, 0.4) is 0 Å². The Hall–Kier alpha value is -1.75. The van der Waals surface area contributed by atoms with E-state index < -0.39 is 11.4 Å². The average Bonchev–Trinajstić information content (AvgIpc) is 3.04. The van der Waals surface area contributed by atoms with Crippen molar-refractivity contribution in [3.05, 3.63) is 23.8 Å². The summed E-state index contributed by atoms with van der Waals surface area (Å²) in [7, 11) is 3.25. The highest BCUT2D eigenvalue weighted by Crippen LogP contribution is 2.49. The van der Waals surface area contributed by atoms with Crippen LogP contribution in [0.1, 0.15) is 24.8 Å². The van der Waals surface area contributed by atoms with E-state index in [1.165, 1.54) is 0 Å². The minimum atomic E-state index is -0.621. The maximum Gasteiger partial charge on any atom is 0.311 e. The number of ether oxygens (including phenoxy) is 2. The monoisotopic (exact) mass is 305 g/mol. The normalized spacial score (nSPS) is 27.6. The van der Waals surface area contributed by atoms with Gasteiger partial charge in [0.05, 0.1) is 19.6 Å². The maximum atomic E-state index is 11.7. The second-order valence-electron chi connectivity index (χ2n) is 6.41. The Morgan fingerprint density at radius 2 is 2.14 bits per heavy atom. The van der Waals surface area contributed by atoms with Gasteiger partial charge in [-0.3, -0.25) is 9.69 Å². The number of rotatable bonds is 5. The van der Waals surface area contributed by atoms with Gasteiger partial charge in [-0.1, -0.05) is 12.5 Å². The minimum Gasteiger partial charge on any atom is -0.493 e. The standard InChI is InChI=1S/C17H23NO4/c1-21-14-6-5-12(8-15(14)22-2)9-18-10-13-4-3-7-17(13,11-18)16(19)20/h5-6,8,13H,3-4,7,9-11H2,1-2H3,(H,19,20)/t13-,17+/m0/s1. The van der Waals surface area contributed by atoms with Gasteiger partial charge >= 0.3 is 5.97 Å². The van der Waals surface area contributed by atoms with Crippen LogP contribution < -0.4 is 9.47 Å². The molecule has 0 aromatic heterocycles. The van der Waals surface area contributed by atoms with Gasteiger partial charge in [0.15, 0.2) is 11.5 Å². The number of likely N-dealkylation sites (tertiary alicyclic amines) is 1. The molecular weight excluding hydrogens is 282 g/mol. The predicted molar refractivity (Wildman–Crippen MR) is 82.2 cm³/mol. The molecule has 1 aliphatic heterocycles. The molecule has 1 heterocycles. The largest absolute Gasteiger partial charge is 0.493 e. The van der Waals surface area contributed by atoms with Crippen molar-refractivity contribution in [1.29, 1.82) is 0 Å². The van der Waals surface area contributed by atoms with Gasteiger partial charge in [0.1, 0.15) is 0 Å². The molecule has 0 radical (unpaired) electrons. The molecule has 2 fully saturated rings. The Morgan fingerprint density at radius 3 is 2.77 bits per heavy atom. The molecule has 1 saturated heterocycles. The summed E-state index contributed by atoms with van der Waals surface area (Å²) in [5, 5.41) is 9.65. The van der Waals surface area contributed by atoms with Crippen molar-refractivity contribution in [3.8, 4) is 11.5 Å². The molecule has 5 nitrogen and oxygen atoms in total. The Balaban J connectivity index is 1.74. The number of carboxylic acid groups (broad SMARTS) is 1. The second kappa shape index (κ2) is 5.80. The summed E-state index contributed by atoms with van der Waals surface area (Å²) in [5.74, 6) is 1.11. The topological polar surface area (TPSA) is 59.0 Å². The lowest BCUT2D eigenvalue weighted by Crippen LogP contribution is -2.35. The molecule has 3 rings (SSSR count). The third kappa shape index (κ3) is 2.43. The van der Waals surface area contributed by atoms with Crippen LogP contribution in [0.5, 0.6) is 11.5 Å². The summed E-state index contributed by atoms with van der Waals surface area (Å²) in [4.78, 5) is 14.0. The first-order valence-electron chi connectivity index (χ1n) is 7.76. The molecular formula is C17H23NO4. The lowest BCUT2D eigenvalue weighted by Gasteiger charge is -2.23. The van der Waals surface area contributed by atoms with E-state index in [0.717, 1.165) is 37.9 Å². The van der Waals surface area contributed by atoms with Gasteiger partial charge in [0, 0.05) is 19.6 Å². The number of hydrogen-bond acceptors (Lipinski definition) is 4. The Kier molecular flexibility index (Phi) is 4.00. The third-order valence-electron chi connectivity index (χ3n) is 5.22. The molecule has 1 N–H and O–H groups in total. The van der Waals surface area contributed by atoms with Gasteiger partial charge in [-0.25, -0.2) is 0 Å². The van der Waals surface area contributed by atoms with Gasteiger partial charge in [0.25, 0.3) is 0 Å². The molecule has 1 aromatic carbocycles. The highest BCUT2D eigenvalue weighted by Gasteiger charge is 2.54. The van der Waals surface area contributed by atoms with Crippen molar-refractivity contribution in [1.82, 2.24) is 4.90 Å². The van der Waals surface area contributed by atoms with Crippen molar-refractivity contribution in [2.24, 2.45) is 11.3 Å². The van der Waals surface area contributed by atoms with Crippen LogP contribution >= 0.6 is 0 Å². The first-order chi connectivity index (χ1) is 10.6. The summed E-state index contributed by atoms with van der Waals surface area (Å²) in [6.07, 6.45) is 2.89. The molecule has 2 atom stereocenters. The molecule has 1 aliphatic carbocycles. The molecule has 0 spiro atoms. The Morgan fingerprint density at radius 1 is 1.36 bits per heavy atom. The fourth-order valence-electron chi connectivity index (χ4n) is 4.10. The molecule has 1 aromatic rings. The molecule has 0 bridgehead atoms. The van der Waals surface area contributed by atoms with E-state index in [0.29, 0.717) is 24.0 Å². The number of benzene rings is 1. The van der Waals surface area contributed by atoms with Crippen LogP contribution in [-0.4, -0.2) is 43.3 Å². The second-order valence-corrected chi connectivity index (χ2v) is 6.41. The van der Waals surface area contributed by atoms with Crippen molar-refractivity contribution in [2.75, 3.05) is 27.3 Å². The maximum absolute atomic E-state index is 11.7. The fourth-order valence-corrected chi connectivity index (χ4v) is 4.10. The van der Waals surface area contributed by atoms with E-state index in [1.807, 2.05) is 18.2 Å². The zero-order valence-electron chi connectivity index (χ0n) is 13.2. The third-order valence-corrected chi connectivity index (χ3v) is 5.22. The van der Waals surface area contributed by atoms with Crippen LogP contribution in [0.25, 0.3) is 0 Å². The van der Waals surface area contributed by atoms with Crippen molar-refractivity contribution in [3.63, 3.8) is 0 Å². The summed E-state index contributed by atoms with van der Waals surface area (Å²) in [6.45, 7) is 2.29. The SMILES string of the molecule is COc1ccc(CN2C[C@@H]3CCC[C@@]3(C(=O)O)C2)cc1OC. The number of carboxylic acids is 1. The molecule has 0 amide bonds. The van der Waals surface area contributed by atoms with E-state index in [9.17, 15) is 9.90 Å². The van der Waals surface area contributed by atoms with Crippen LogP contribution in [-0.2, 0) is 11.3 Å². The number of carbonyl (C=O) groups is 1. The van der Waals surface area contributed by atoms with E-state index >= 15 is 0 Å². The lowest BCUT2D eigenvalue weighted by atomic mass is 9.81. The van der Waals surface area contributed by atoms with Crippen LogP contribution in [0, 0.1) is 11.3 Å². The molecule has 2 aliphatic rings. The van der Waals surface area contributed by atoms with Crippen molar-refractivity contribution in [2.45, 2.75) is 25.8 Å². The van der Waals surface area contributed by atoms with E-state index in [2.05, 4.69) is 4.90 Å². The summed E-state index contributed by atoms with van der Waals surface area (Å²) < 4.78 is 10.6. The summed E-state index contributed by atoms with van der Waals surface area (Å²) >= 11 is 0. The number of fused-ring (bicyclic) bond motifs is 1. The highest BCUT2D eigenvalue weighted by atomic mass is 16.5. The zero-order valence-corrected chi connectivity index (χ0v) is 13.2. The average molecular weight is 305 g/mol. The number of aliphatic carboxylic acids is 1. The zero-order chi connectivity index (χ0) is 15.7. The van der Waals surface area contributed by atoms with E-state index in [4.69, 9.17) is 9.47 Å². The van der Waals surface area contributed by atoms with Gasteiger partial charge in [-0.2, -0.15) is 0 Å². The molecule has 1 saturated carbocycles. The molecule has 5 heteroatoms. The minimum absolute atomic E-state index is 0.296. The van der Waals surface area contributed by atoms with Crippen LogP contribution in [0.4, 0.5) is 0 Å². The van der Waals surface area contributed by atoms with E-state index in [-0.39, 0.29) is 0 Å². The van der Waals surface area contributed by atoms with Gasteiger partial charge in [0.2, 0.25) is 0 Å². The molecule has 120 valence electrons. The fraction of sp³-hybridized carbons (Fsp3) is 0.588. The van der Waals surface area contributed by atoms with E-state index in [1.54, 1.807) is 14.2 Å². The quantitative estimate of drug-likeness (QED) is 0.905. The summed E-state index contributed by atoms with van der Waals surface area (Å²) in [5.41, 5.74) is 0.606. The van der Waals surface area contributed by atoms with Crippen molar-refractivity contribution < 1.29 is 19.4 Å². The van der Waals surface area contributed by atoms with Crippen LogP contribution in [0.15, 0.2) is 18.2 Å². The number of nitrogens with zero attached hydrogens (tertiary/aromatic N) is 1.